The summed E-state index contributed by atoms with van der Waals surface area (Å²) >= 11 is 0. The lowest BCUT2D eigenvalue weighted by Gasteiger charge is -2.35. The third-order valence-corrected chi connectivity index (χ3v) is 5.87. The molecule has 2 unspecified atom stereocenters. The van der Waals surface area contributed by atoms with Gasteiger partial charge in [-0.25, -0.2) is 0 Å². The predicted molar refractivity (Wildman–Crippen MR) is 117 cm³/mol. The molecule has 0 aromatic heterocycles. The first-order valence-electron chi connectivity index (χ1n) is 9.92. The number of aliphatic imine (C=N–C) groups is 1. The minimum Gasteiger partial charge on any atom is -0.384 e. The molecule has 0 aromatic carbocycles. The molecule has 6 heteroatoms. The van der Waals surface area contributed by atoms with E-state index in [9.17, 15) is 0 Å². The summed E-state index contributed by atoms with van der Waals surface area (Å²) in [6, 6.07) is 0.636. The average Bonchev–Trinajstić information content (AvgIpc) is 3.27. The van der Waals surface area contributed by atoms with Crippen LogP contribution in [0.1, 0.15) is 46.0 Å². The van der Waals surface area contributed by atoms with Gasteiger partial charge in [-0.15, -0.1) is 24.0 Å². The second-order valence-corrected chi connectivity index (χ2v) is 7.37. The van der Waals surface area contributed by atoms with Crippen molar-refractivity contribution in [3.8, 4) is 0 Å². The third-order valence-electron chi connectivity index (χ3n) is 5.87. The van der Waals surface area contributed by atoms with Crippen molar-refractivity contribution in [2.75, 3.05) is 53.5 Å². The van der Waals surface area contributed by atoms with E-state index in [0.29, 0.717) is 12.0 Å². The number of halogens is 1. The van der Waals surface area contributed by atoms with Crippen LogP contribution in [0.4, 0.5) is 0 Å². The Morgan fingerprint density at radius 1 is 1.20 bits per heavy atom. The number of nitrogens with one attached hydrogen (secondary N) is 1. The highest BCUT2D eigenvalue weighted by molar-refractivity contribution is 14.0. The van der Waals surface area contributed by atoms with Crippen LogP contribution in [-0.4, -0.2) is 75.3 Å². The quantitative estimate of drug-likeness (QED) is 0.339. The normalized spacial score (nSPS) is 23.2. The molecule has 148 valence electrons. The summed E-state index contributed by atoms with van der Waals surface area (Å²) in [7, 11) is 3.71. The molecule has 0 saturated carbocycles. The first-order chi connectivity index (χ1) is 11.7. The van der Waals surface area contributed by atoms with E-state index in [4.69, 9.17) is 4.74 Å². The average molecular weight is 466 g/mol. The molecule has 2 fully saturated rings. The van der Waals surface area contributed by atoms with Crippen LogP contribution < -0.4 is 5.32 Å². The summed E-state index contributed by atoms with van der Waals surface area (Å²) in [4.78, 5) is 9.65. The summed E-state index contributed by atoms with van der Waals surface area (Å²) in [6.07, 6.45) is 6.44. The van der Waals surface area contributed by atoms with Gasteiger partial charge in [-0.1, -0.05) is 26.7 Å². The molecule has 5 nitrogen and oxygen atoms in total. The first kappa shape index (κ1) is 23.0. The van der Waals surface area contributed by atoms with Crippen molar-refractivity contribution in [1.29, 1.82) is 0 Å². The molecule has 2 aliphatic heterocycles. The lowest BCUT2D eigenvalue weighted by molar-refractivity contribution is 0.156. The van der Waals surface area contributed by atoms with E-state index in [1.807, 2.05) is 7.05 Å². The lowest BCUT2D eigenvalue weighted by Crippen LogP contribution is -2.50. The van der Waals surface area contributed by atoms with E-state index in [1.54, 1.807) is 7.11 Å². The van der Waals surface area contributed by atoms with Gasteiger partial charge in [0.1, 0.15) is 0 Å². The fourth-order valence-corrected chi connectivity index (χ4v) is 4.42. The standard InChI is InChI=1S/C19H38N4O.HI/c1-5-17(6-2)18(22-10-7-8-11-22)13-21-19(20-3)23-12-9-16(14-23)15-24-4;/h16-18H,5-15H2,1-4H3,(H,20,21);1H. The van der Waals surface area contributed by atoms with E-state index in [0.717, 1.165) is 38.1 Å². The van der Waals surface area contributed by atoms with Gasteiger partial charge in [0.2, 0.25) is 0 Å². The van der Waals surface area contributed by atoms with E-state index in [1.165, 1.54) is 45.2 Å². The Balaban J connectivity index is 0.00000312. The van der Waals surface area contributed by atoms with Crippen molar-refractivity contribution in [2.24, 2.45) is 16.8 Å². The van der Waals surface area contributed by atoms with Crippen molar-refractivity contribution in [3.63, 3.8) is 0 Å². The number of rotatable bonds is 8. The molecule has 0 aromatic rings. The van der Waals surface area contributed by atoms with Crippen LogP contribution in [0.2, 0.25) is 0 Å². The molecule has 2 aliphatic rings. The Labute approximate surface area is 172 Å². The van der Waals surface area contributed by atoms with Gasteiger partial charge in [0.05, 0.1) is 6.61 Å². The fourth-order valence-electron chi connectivity index (χ4n) is 4.42. The zero-order valence-corrected chi connectivity index (χ0v) is 19.0. The number of nitrogens with zero attached hydrogens (tertiary/aromatic N) is 3. The summed E-state index contributed by atoms with van der Waals surface area (Å²) in [6.45, 7) is 11.2. The lowest BCUT2D eigenvalue weighted by atomic mass is 9.93. The molecule has 0 amide bonds. The number of methoxy groups -OCH3 is 1. The van der Waals surface area contributed by atoms with Gasteiger partial charge in [0.15, 0.2) is 5.96 Å². The molecule has 2 atom stereocenters. The van der Waals surface area contributed by atoms with E-state index in [-0.39, 0.29) is 24.0 Å². The Morgan fingerprint density at radius 3 is 2.44 bits per heavy atom. The predicted octanol–water partition coefficient (Wildman–Crippen LogP) is 3.05. The van der Waals surface area contributed by atoms with E-state index in [2.05, 4.69) is 34.0 Å². The highest BCUT2D eigenvalue weighted by Crippen LogP contribution is 2.23. The zero-order chi connectivity index (χ0) is 17.4. The molecule has 0 spiro atoms. The van der Waals surface area contributed by atoms with E-state index >= 15 is 0 Å². The monoisotopic (exact) mass is 466 g/mol. The summed E-state index contributed by atoms with van der Waals surface area (Å²) in [5.41, 5.74) is 0. The van der Waals surface area contributed by atoms with Crippen molar-refractivity contribution in [2.45, 2.75) is 52.0 Å². The van der Waals surface area contributed by atoms with Crippen LogP contribution in [0.3, 0.4) is 0 Å². The molecule has 0 bridgehead atoms. The van der Waals surface area contributed by atoms with Gasteiger partial charge in [-0.05, 0) is 38.3 Å². The highest BCUT2D eigenvalue weighted by atomic mass is 127. The van der Waals surface area contributed by atoms with Crippen LogP contribution in [-0.2, 0) is 4.74 Å². The molecule has 2 saturated heterocycles. The topological polar surface area (TPSA) is 40.1 Å². The Morgan fingerprint density at radius 2 is 1.88 bits per heavy atom. The SMILES string of the molecule is CCC(CC)C(CNC(=NC)N1CCC(COC)C1)N1CCCC1.I. The molecular formula is C19H39IN4O. The maximum absolute atomic E-state index is 5.32. The van der Waals surface area contributed by atoms with Crippen molar-refractivity contribution in [1.82, 2.24) is 15.1 Å². The number of ether oxygens (including phenoxy) is 1. The van der Waals surface area contributed by atoms with Crippen LogP contribution in [0.25, 0.3) is 0 Å². The minimum absolute atomic E-state index is 0. The Bertz CT molecular complexity index is 382. The van der Waals surface area contributed by atoms with Crippen LogP contribution >= 0.6 is 24.0 Å². The maximum Gasteiger partial charge on any atom is 0.193 e. The van der Waals surface area contributed by atoms with Gasteiger partial charge in [0, 0.05) is 45.8 Å². The third kappa shape index (κ3) is 6.54. The molecule has 2 rings (SSSR count). The number of guanidine groups is 1. The smallest absolute Gasteiger partial charge is 0.193 e. The maximum atomic E-state index is 5.32. The second kappa shape index (κ2) is 12.3. The number of likely N-dealkylation sites (tertiary alicyclic amines) is 2. The molecule has 2 heterocycles. The largest absolute Gasteiger partial charge is 0.384 e. The molecule has 1 N–H and O–H groups in total. The minimum atomic E-state index is 0. The summed E-state index contributed by atoms with van der Waals surface area (Å²) < 4.78 is 5.32. The number of hydrogen-bond donors (Lipinski definition) is 1. The first-order valence-corrected chi connectivity index (χ1v) is 9.92. The van der Waals surface area contributed by atoms with Crippen LogP contribution in [0.5, 0.6) is 0 Å². The number of hydrogen-bond acceptors (Lipinski definition) is 3. The van der Waals surface area contributed by atoms with Crippen molar-refractivity contribution in [3.05, 3.63) is 0 Å². The zero-order valence-electron chi connectivity index (χ0n) is 16.7. The van der Waals surface area contributed by atoms with Crippen molar-refractivity contribution >= 4 is 29.9 Å². The molecule has 25 heavy (non-hydrogen) atoms. The second-order valence-electron chi connectivity index (χ2n) is 7.37. The fraction of sp³-hybridized carbons (Fsp3) is 0.947. The summed E-state index contributed by atoms with van der Waals surface area (Å²) in [5, 5.41) is 3.69. The molecule has 0 radical (unpaired) electrons. The molecule has 0 aliphatic carbocycles. The van der Waals surface area contributed by atoms with Gasteiger partial charge in [0.25, 0.3) is 0 Å². The summed E-state index contributed by atoms with van der Waals surface area (Å²) in [5.74, 6) is 2.49. The van der Waals surface area contributed by atoms with Crippen LogP contribution in [0, 0.1) is 11.8 Å². The Hall–Kier alpha value is -0.0800. The van der Waals surface area contributed by atoms with Crippen LogP contribution in [0.15, 0.2) is 4.99 Å². The highest BCUT2D eigenvalue weighted by Gasteiger charge is 2.29. The molecular weight excluding hydrogens is 427 g/mol. The van der Waals surface area contributed by atoms with E-state index < -0.39 is 0 Å². The van der Waals surface area contributed by atoms with Gasteiger partial charge >= 0.3 is 0 Å². The Kier molecular flexibility index (Phi) is 11.3. The van der Waals surface area contributed by atoms with Gasteiger partial charge < -0.3 is 15.0 Å². The van der Waals surface area contributed by atoms with Crippen molar-refractivity contribution < 1.29 is 4.74 Å². The van der Waals surface area contributed by atoms with Gasteiger partial charge in [-0.2, -0.15) is 0 Å². The van der Waals surface area contributed by atoms with Gasteiger partial charge in [-0.3, -0.25) is 9.89 Å².